The number of nitrogens with two attached hydrogens (primary N) is 1. The molecular formula is C14H21NO. The van der Waals surface area contributed by atoms with Gasteiger partial charge in [0, 0.05) is 18.6 Å². The van der Waals surface area contributed by atoms with Crippen LogP contribution in [0.4, 0.5) is 0 Å². The van der Waals surface area contributed by atoms with Crippen LogP contribution in [-0.2, 0) is 10.2 Å². The van der Waals surface area contributed by atoms with Gasteiger partial charge in [0.2, 0.25) is 0 Å². The second-order valence-electron chi connectivity index (χ2n) is 4.80. The maximum absolute atomic E-state index is 5.77. The van der Waals surface area contributed by atoms with Crippen LogP contribution in [-0.4, -0.2) is 19.8 Å². The van der Waals surface area contributed by atoms with Crippen LogP contribution in [0.25, 0.3) is 0 Å². The minimum atomic E-state index is 0.265. The predicted octanol–water partition coefficient (Wildman–Crippen LogP) is 2.39. The summed E-state index contributed by atoms with van der Waals surface area (Å²) in [4.78, 5) is 0. The molecule has 0 spiro atoms. The Bertz CT molecular complexity index is 320. The Hall–Kier alpha value is -0.860. The number of hydrogen-bond acceptors (Lipinski definition) is 2. The van der Waals surface area contributed by atoms with E-state index in [1.54, 1.807) is 0 Å². The summed E-state index contributed by atoms with van der Waals surface area (Å²) in [5.74, 6) is 0. The molecule has 2 nitrogen and oxygen atoms in total. The molecular weight excluding hydrogens is 198 g/mol. The maximum Gasteiger partial charge on any atom is 0.0474 e. The van der Waals surface area contributed by atoms with Crippen LogP contribution in [0, 0.1) is 6.92 Å². The Morgan fingerprint density at radius 2 is 1.81 bits per heavy atom. The van der Waals surface area contributed by atoms with E-state index in [-0.39, 0.29) is 5.41 Å². The molecule has 1 aliphatic rings. The molecule has 2 N–H and O–H groups in total. The van der Waals surface area contributed by atoms with E-state index in [0.717, 1.165) is 39.0 Å². The SMILES string of the molecule is Cc1ccc(C2(CCN)CCOCC2)cc1. The molecule has 1 fully saturated rings. The van der Waals surface area contributed by atoms with Gasteiger partial charge in [0.15, 0.2) is 0 Å². The van der Waals surface area contributed by atoms with Crippen LogP contribution in [0.15, 0.2) is 24.3 Å². The average Bonchev–Trinajstić information content (AvgIpc) is 2.31. The minimum absolute atomic E-state index is 0.265. The van der Waals surface area contributed by atoms with Crippen molar-refractivity contribution in [1.82, 2.24) is 0 Å². The normalized spacial score (nSPS) is 19.6. The summed E-state index contributed by atoms with van der Waals surface area (Å²) < 4.78 is 5.48. The lowest BCUT2D eigenvalue weighted by Crippen LogP contribution is -2.35. The molecule has 1 aromatic carbocycles. The first-order valence-corrected chi connectivity index (χ1v) is 6.12. The van der Waals surface area contributed by atoms with Gasteiger partial charge in [-0.15, -0.1) is 0 Å². The Labute approximate surface area is 97.8 Å². The number of benzene rings is 1. The maximum atomic E-state index is 5.77. The fourth-order valence-corrected chi connectivity index (χ4v) is 2.63. The van der Waals surface area contributed by atoms with Gasteiger partial charge in [0.1, 0.15) is 0 Å². The lowest BCUT2D eigenvalue weighted by atomic mass is 9.71. The number of aryl methyl sites for hydroxylation is 1. The Balaban J connectivity index is 2.26. The molecule has 0 saturated carbocycles. The molecule has 2 heteroatoms. The van der Waals surface area contributed by atoms with Crippen molar-refractivity contribution in [2.45, 2.75) is 31.6 Å². The summed E-state index contributed by atoms with van der Waals surface area (Å²) in [7, 11) is 0. The van der Waals surface area contributed by atoms with Crippen molar-refractivity contribution in [3.8, 4) is 0 Å². The Kier molecular flexibility index (Phi) is 3.62. The van der Waals surface area contributed by atoms with Gasteiger partial charge >= 0.3 is 0 Å². The zero-order valence-corrected chi connectivity index (χ0v) is 10.0. The zero-order chi connectivity index (χ0) is 11.4. The molecule has 1 heterocycles. The van der Waals surface area contributed by atoms with Crippen molar-refractivity contribution in [2.24, 2.45) is 5.73 Å². The van der Waals surface area contributed by atoms with Crippen molar-refractivity contribution in [1.29, 1.82) is 0 Å². The molecule has 0 unspecified atom stereocenters. The monoisotopic (exact) mass is 219 g/mol. The third kappa shape index (κ3) is 2.28. The molecule has 0 bridgehead atoms. The molecule has 0 amide bonds. The quantitative estimate of drug-likeness (QED) is 0.847. The second-order valence-corrected chi connectivity index (χ2v) is 4.80. The number of rotatable bonds is 3. The summed E-state index contributed by atoms with van der Waals surface area (Å²) in [6.07, 6.45) is 3.28. The Morgan fingerprint density at radius 3 is 2.38 bits per heavy atom. The van der Waals surface area contributed by atoms with Crippen molar-refractivity contribution in [2.75, 3.05) is 19.8 Å². The second kappa shape index (κ2) is 4.98. The van der Waals surface area contributed by atoms with Crippen molar-refractivity contribution in [3.63, 3.8) is 0 Å². The van der Waals surface area contributed by atoms with Crippen LogP contribution in [0.2, 0.25) is 0 Å². The van der Waals surface area contributed by atoms with Gasteiger partial charge in [-0.05, 0) is 38.3 Å². The highest BCUT2D eigenvalue weighted by Crippen LogP contribution is 2.37. The number of ether oxygens (including phenoxy) is 1. The molecule has 2 rings (SSSR count). The summed E-state index contributed by atoms with van der Waals surface area (Å²) in [6.45, 7) is 4.62. The van der Waals surface area contributed by atoms with Gasteiger partial charge < -0.3 is 10.5 Å². The molecule has 0 aromatic heterocycles. The van der Waals surface area contributed by atoms with E-state index >= 15 is 0 Å². The van der Waals surface area contributed by atoms with E-state index in [1.165, 1.54) is 11.1 Å². The molecule has 0 aliphatic carbocycles. The van der Waals surface area contributed by atoms with Gasteiger partial charge in [0.05, 0.1) is 0 Å². The van der Waals surface area contributed by atoms with E-state index in [2.05, 4.69) is 31.2 Å². The lowest BCUT2D eigenvalue weighted by Gasteiger charge is -2.37. The molecule has 88 valence electrons. The first kappa shape index (κ1) is 11.6. The highest BCUT2D eigenvalue weighted by atomic mass is 16.5. The van der Waals surface area contributed by atoms with Gasteiger partial charge in [0.25, 0.3) is 0 Å². The van der Waals surface area contributed by atoms with Gasteiger partial charge in [-0.2, -0.15) is 0 Å². The molecule has 16 heavy (non-hydrogen) atoms. The fourth-order valence-electron chi connectivity index (χ4n) is 2.63. The van der Waals surface area contributed by atoms with E-state index in [9.17, 15) is 0 Å². The highest BCUT2D eigenvalue weighted by Gasteiger charge is 2.33. The molecule has 1 aromatic rings. The molecule has 1 aliphatic heterocycles. The third-order valence-corrected chi connectivity index (χ3v) is 3.74. The average molecular weight is 219 g/mol. The zero-order valence-electron chi connectivity index (χ0n) is 10.0. The minimum Gasteiger partial charge on any atom is -0.381 e. The Morgan fingerprint density at radius 1 is 1.19 bits per heavy atom. The highest BCUT2D eigenvalue weighted by molar-refractivity contribution is 5.29. The van der Waals surface area contributed by atoms with Crippen LogP contribution < -0.4 is 5.73 Å². The van der Waals surface area contributed by atoms with Crippen LogP contribution in [0.1, 0.15) is 30.4 Å². The first-order valence-electron chi connectivity index (χ1n) is 6.12. The van der Waals surface area contributed by atoms with Gasteiger partial charge in [-0.25, -0.2) is 0 Å². The fraction of sp³-hybridized carbons (Fsp3) is 0.571. The van der Waals surface area contributed by atoms with Gasteiger partial charge in [-0.3, -0.25) is 0 Å². The van der Waals surface area contributed by atoms with Crippen molar-refractivity contribution < 1.29 is 4.74 Å². The van der Waals surface area contributed by atoms with Crippen molar-refractivity contribution >= 4 is 0 Å². The number of hydrogen-bond donors (Lipinski definition) is 1. The molecule has 1 saturated heterocycles. The standard InChI is InChI=1S/C14H21NO/c1-12-2-4-13(5-3-12)14(6-9-15)7-10-16-11-8-14/h2-5H,6-11,15H2,1H3. The summed E-state index contributed by atoms with van der Waals surface area (Å²) >= 11 is 0. The largest absolute Gasteiger partial charge is 0.381 e. The smallest absolute Gasteiger partial charge is 0.0474 e. The lowest BCUT2D eigenvalue weighted by molar-refractivity contribution is 0.0477. The van der Waals surface area contributed by atoms with E-state index in [0.29, 0.717) is 0 Å². The molecule has 0 radical (unpaired) electrons. The summed E-state index contributed by atoms with van der Waals surface area (Å²) in [6, 6.07) is 8.92. The van der Waals surface area contributed by atoms with E-state index < -0.39 is 0 Å². The van der Waals surface area contributed by atoms with E-state index in [1.807, 2.05) is 0 Å². The van der Waals surface area contributed by atoms with Crippen LogP contribution in [0.5, 0.6) is 0 Å². The third-order valence-electron chi connectivity index (χ3n) is 3.74. The summed E-state index contributed by atoms with van der Waals surface area (Å²) in [5, 5.41) is 0. The summed E-state index contributed by atoms with van der Waals surface area (Å²) in [5.41, 5.74) is 8.79. The van der Waals surface area contributed by atoms with Crippen LogP contribution in [0.3, 0.4) is 0 Å². The van der Waals surface area contributed by atoms with E-state index in [4.69, 9.17) is 10.5 Å². The molecule has 0 atom stereocenters. The van der Waals surface area contributed by atoms with Gasteiger partial charge in [-0.1, -0.05) is 29.8 Å². The predicted molar refractivity (Wildman–Crippen MR) is 66.6 cm³/mol. The first-order chi connectivity index (χ1) is 7.77. The topological polar surface area (TPSA) is 35.2 Å². The van der Waals surface area contributed by atoms with Crippen molar-refractivity contribution in [3.05, 3.63) is 35.4 Å². The van der Waals surface area contributed by atoms with Crippen LogP contribution >= 0.6 is 0 Å².